The lowest BCUT2D eigenvalue weighted by Gasteiger charge is -2.02. The number of nitrogens with one attached hydrogen (secondary N) is 1. The average Bonchev–Trinajstić information content (AvgIpc) is 2.53. The lowest BCUT2D eigenvalue weighted by atomic mass is 10.1. The van der Waals surface area contributed by atoms with Crippen molar-refractivity contribution in [2.45, 2.75) is 20.3 Å². The van der Waals surface area contributed by atoms with Gasteiger partial charge in [0.2, 0.25) is 5.91 Å². The number of nitrogens with zero attached hydrogens (tertiary/aromatic N) is 3. The van der Waals surface area contributed by atoms with Gasteiger partial charge in [0.15, 0.2) is 5.82 Å². The Morgan fingerprint density at radius 2 is 2.50 bits per heavy atom. The van der Waals surface area contributed by atoms with Gasteiger partial charge in [-0.25, -0.2) is 0 Å². The maximum Gasteiger partial charge on any atom is 0.328 e. The van der Waals surface area contributed by atoms with Crippen LogP contribution in [0, 0.1) is 24.2 Å². The summed E-state index contributed by atoms with van der Waals surface area (Å²) in [5.74, 6) is -0.661. The van der Waals surface area contributed by atoms with Crippen molar-refractivity contribution in [1.82, 2.24) is 10.1 Å². The molecule has 1 atom stereocenters. The van der Waals surface area contributed by atoms with Crippen LogP contribution in [-0.4, -0.2) is 16.0 Å². The minimum atomic E-state index is -0.679. The van der Waals surface area contributed by atoms with Gasteiger partial charge in [-0.15, -0.1) is 0 Å². The van der Waals surface area contributed by atoms with E-state index >= 15 is 0 Å². The van der Waals surface area contributed by atoms with E-state index in [1.165, 1.54) is 0 Å². The van der Waals surface area contributed by atoms with Crippen molar-refractivity contribution < 1.29 is 9.32 Å². The van der Waals surface area contributed by atoms with Gasteiger partial charge in [-0.05, 0) is 13.3 Å². The molecule has 0 aliphatic rings. The number of aromatic nitrogens is 2. The number of hydrogen-bond acceptors (Lipinski definition) is 5. The molecule has 14 heavy (non-hydrogen) atoms. The molecule has 1 unspecified atom stereocenters. The van der Waals surface area contributed by atoms with Gasteiger partial charge in [0.1, 0.15) is 5.92 Å². The fourth-order valence-electron chi connectivity index (χ4n) is 0.876. The van der Waals surface area contributed by atoms with Crippen LogP contribution in [0.1, 0.15) is 19.2 Å². The molecule has 0 aliphatic carbocycles. The highest BCUT2D eigenvalue weighted by Gasteiger charge is 2.17. The molecule has 1 amide bonds. The Morgan fingerprint density at radius 3 is 2.93 bits per heavy atom. The monoisotopic (exact) mass is 194 g/mol. The molecule has 1 heterocycles. The molecule has 1 aromatic heterocycles. The zero-order valence-electron chi connectivity index (χ0n) is 7.94. The van der Waals surface area contributed by atoms with Crippen LogP contribution in [0.3, 0.4) is 0 Å². The number of aryl methyl sites for hydroxylation is 1. The second-order valence-electron chi connectivity index (χ2n) is 2.73. The second-order valence-corrected chi connectivity index (χ2v) is 2.73. The molecule has 1 rings (SSSR count). The van der Waals surface area contributed by atoms with Crippen molar-refractivity contribution in [2.24, 2.45) is 5.92 Å². The Kier molecular flexibility index (Phi) is 3.18. The van der Waals surface area contributed by atoms with Crippen molar-refractivity contribution in [3.8, 4) is 6.07 Å². The quantitative estimate of drug-likeness (QED) is 0.770. The summed E-state index contributed by atoms with van der Waals surface area (Å²) in [5.41, 5.74) is 0. The number of anilines is 1. The summed E-state index contributed by atoms with van der Waals surface area (Å²) in [6.45, 7) is 3.40. The van der Waals surface area contributed by atoms with E-state index < -0.39 is 11.8 Å². The predicted molar refractivity (Wildman–Crippen MR) is 47.1 cm³/mol. The third-order valence-electron chi connectivity index (χ3n) is 1.64. The summed E-state index contributed by atoms with van der Waals surface area (Å²) >= 11 is 0. The van der Waals surface area contributed by atoms with Crippen molar-refractivity contribution in [2.75, 3.05) is 5.32 Å². The first-order chi connectivity index (χ1) is 6.67. The fourth-order valence-corrected chi connectivity index (χ4v) is 0.876. The summed E-state index contributed by atoms with van der Waals surface area (Å²) in [4.78, 5) is 15.1. The first kappa shape index (κ1) is 10.2. The zero-order chi connectivity index (χ0) is 10.6. The van der Waals surface area contributed by atoms with Crippen LogP contribution >= 0.6 is 0 Å². The van der Waals surface area contributed by atoms with Gasteiger partial charge in [-0.2, -0.15) is 10.2 Å². The van der Waals surface area contributed by atoms with E-state index in [0.717, 1.165) is 0 Å². The molecular formula is C8H10N4O2. The molecule has 0 saturated carbocycles. The Balaban J connectivity index is 2.62. The van der Waals surface area contributed by atoms with Crippen LogP contribution in [0.25, 0.3) is 0 Å². The standard InChI is InChI=1S/C8H10N4O2/c1-3-6(4-9)7(13)11-8-10-5(2)12-14-8/h6H,3H2,1-2H3,(H,10,11,12,13). The SMILES string of the molecule is CCC(C#N)C(=O)Nc1nc(C)no1. The highest BCUT2D eigenvalue weighted by Crippen LogP contribution is 2.07. The van der Waals surface area contributed by atoms with Crippen LogP contribution in [-0.2, 0) is 4.79 Å². The molecule has 0 radical (unpaired) electrons. The van der Waals surface area contributed by atoms with E-state index in [1.807, 2.05) is 6.07 Å². The summed E-state index contributed by atoms with van der Waals surface area (Å²) in [6, 6.07) is 1.91. The number of carbonyl (C=O) groups excluding carboxylic acids is 1. The highest BCUT2D eigenvalue weighted by atomic mass is 16.5. The Morgan fingerprint density at radius 1 is 1.79 bits per heavy atom. The van der Waals surface area contributed by atoms with E-state index in [1.54, 1.807) is 13.8 Å². The van der Waals surface area contributed by atoms with Gasteiger partial charge in [0.05, 0.1) is 6.07 Å². The van der Waals surface area contributed by atoms with Crippen LogP contribution in [0.2, 0.25) is 0 Å². The average molecular weight is 194 g/mol. The molecule has 0 saturated heterocycles. The molecule has 1 N–H and O–H groups in total. The third-order valence-corrected chi connectivity index (χ3v) is 1.64. The minimum Gasteiger partial charge on any atom is -0.315 e. The first-order valence-corrected chi connectivity index (χ1v) is 4.18. The number of carbonyl (C=O) groups is 1. The molecule has 0 spiro atoms. The number of amides is 1. The molecule has 0 fully saturated rings. The maximum absolute atomic E-state index is 11.3. The maximum atomic E-state index is 11.3. The molecule has 0 bridgehead atoms. The van der Waals surface area contributed by atoms with Gasteiger partial charge >= 0.3 is 6.01 Å². The summed E-state index contributed by atoms with van der Waals surface area (Å²) in [7, 11) is 0. The van der Waals surface area contributed by atoms with E-state index in [4.69, 9.17) is 5.26 Å². The molecule has 0 aliphatic heterocycles. The Hall–Kier alpha value is -1.90. The summed E-state index contributed by atoms with van der Waals surface area (Å²) in [6.07, 6.45) is 0.454. The topological polar surface area (TPSA) is 91.8 Å². The van der Waals surface area contributed by atoms with Crippen molar-refractivity contribution >= 4 is 11.9 Å². The van der Waals surface area contributed by atoms with E-state index in [-0.39, 0.29) is 6.01 Å². The van der Waals surface area contributed by atoms with Gasteiger partial charge in [0.25, 0.3) is 0 Å². The van der Waals surface area contributed by atoms with Gasteiger partial charge in [-0.3, -0.25) is 10.1 Å². The number of rotatable bonds is 3. The Labute approximate surface area is 80.9 Å². The van der Waals surface area contributed by atoms with Crippen molar-refractivity contribution in [3.05, 3.63) is 5.82 Å². The summed E-state index contributed by atoms with van der Waals surface area (Å²) in [5, 5.41) is 14.5. The normalized spacial score (nSPS) is 11.8. The lowest BCUT2D eigenvalue weighted by molar-refractivity contribution is -0.118. The number of hydrogen-bond donors (Lipinski definition) is 1. The predicted octanol–water partition coefficient (Wildman–Crippen LogP) is 0.866. The van der Waals surface area contributed by atoms with Crippen LogP contribution < -0.4 is 5.32 Å². The van der Waals surface area contributed by atoms with Gasteiger partial charge in [0, 0.05) is 0 Å². The molecule has 6 nitrogen and oxygen atoms in total. The summed E-state index contributed by atoms with van der Waals surface area (Å²) < 4.78 is 4.67. The minimum absolute atomic E-state index is 0.0289. The molecule has 0 aromatic carbocycles. The van der Waals surface area contributed by atoms with Crippen LogP contribution in [0.15, 0.2) is 4.52 Å². The molecule has 6 heteroatoms. The molecule has 74 valence electrons. The van der Waals surface area contributed by atoms with E-state index in [9.17, 15) is 4.79 Å². The molecular weight excluding hydrogens is 184 g/mol. The fraction of sp³-hybridized carbons (Fsp3) is 0.500. The van der Waals surface area contributed by atoms with Gasteiger partial charge < -0.3 is 4.52 Å². The molecule has 1 aromatic rings. The van der Waals surface area contributed by atoms with Gasteiger partial charge in [-0.1, -0.05) is 12.1 Å². The Bertz CT molecular complexity index is 366. The smallest absolute Gasteiger partial charge is 0.315 e. The van der Waals surface area contributed by atoms with Crippen molar-refractivity contribution in [3.63, 3.8) is 0 Å². The van der Waals surface area contributed by atoms with Crippen LogP contribution in [0.4, 0.5) is 6.01 Å². The van der Waals surface area contributed by atoms with E-state index in [0.29, 0.717) is 12.2 Å². The van der Waals surface area contributed by atoms with Crippen molar-refractivity contribution in [1.29, 1.82) is 5.26 Å². The van der Waals surface area contributed by atoms with Crippen LogP contribution in [0.5, 0.6) is 0 Å². The largest absolute Gasteiger partial charge is 0.328 e. The third kappa shape index (κ3) is 2.29. The zero-order valence-corrected chi connectivity index (χ0v) is 7.94. The second kappa shape index (κ2) is 4.37. The number of nitriles is 1. The highest BCUT2D eigenvalue weighted by molar-refractivity contribution is 5.92. The first-order valence-electron chi connectivity index (χ1n) is 4.18. The van der Waals surface area contributed by atoms with E-state index in [2.05, 4.69) is 20.0 Å². The lowest BCUT2D eigenvalue weighted by Crippen LogP contribution is -2.21.